The predicted octanol–water partition coefficient (Wildman–Crippen LogP) is -1.53. The van der Waals surface area contributed by atoms with Gasteiger partial charge in [-0.05, 0) is 40.5 Å². The van der Waals surface area contributed by atoms with Gasteiger partial charge in [0.1, 0.15) is 20.9 Å². The van der Waals surface area contributed by atoms with Gasteiger partial charge in [-0.15, -0.1) is 0 Å². The van der Waals surface area contributed by atoms with E-state index in [9.17, 15) is 19.2 Å². The van der Waals surface area contributed by atoms with Crippen LogP contribution in [0.1, 0.15) is 40.5 Å². The number of likely N-dealkylation sites (tertiary alicyclic amines) is 1. The van der Waals surface area contributed by atoms with Crippen molar-refractivity contribution in [3.63, 3.8) is 0 Å². The second-order valence-electron chi connectivity index (χ2n) is 6.40. The number of nitrogens with one attached hydrogen (secondary N) is 3. The van der Waals surface area contributed by atoms with Gasteiger partial charge in [-0.25, -0.2) is 0 Å². The SMILES string of the molecule is [1H]N([3H])C(C)C(=O)NC(C)C(=O)NC(C)C(=O)NC(C)C(=O)N1CCCC1. The van der Waals surface area contributed by atoms with E-state index < -0.39 is 41.9 Å². The molecule has 1 heterocycles. The molecule has 4 atom stereocenters. The van der Waals surface area contributed by atoms with Crippen molar-refractivity contribution in [2.75, 3.05) is 13.1 Å². The van der Waals surface area contributed by atoms with Crippen molar-refractivity contribution in [1.29, 1.82) is 0 Å². The molecular formula is C16H29N5O4. The zero-order chi connectivity index (χ0) is 20.7. The molecule has 0 spiro atoms. The van der Waals surface area contributed by atoms with Crippen molar-refractivity contribution in [1.82, 2.24) is 20.9 Å². The van der Waals surface area contributed by atoms with Gasteiger partial charge in [0, 0.05) is 13.1 Å². The summed E-state index contributed by atoms with van der Waals surface area (Å²) < 4.78 is 14.1. The monoisotopic (exact) mass is 357 g/mol. The molecule has 1 saturated heterocycles. The molecule has 0 aromatic rings. The Morgan fingerprint density at radius 3 is 1.84 bits per heavy atom. The third kappa shape index (κ3) is 6.33. The second-order valence-corrected chi connectivity index (χ2v) is 6.40. The summed E-state index contributed by atoms with van der Waals surface area (Å²) in [4.78, 5) is 50.0. The van der Waals surface area contributed by atoms with Gasteiger partial charge >= 0.3 is 0 Å². The van der Waals surface area contributed by atoms with Crippen LogP contribution in [0.5, 0.6) is 0 Å². The van der Waals surface area contributed by atoms with E-state index in [0.29, 0.717) is 13.1 Å². The number of hydrogen-bond donors (Lipinski definition) is 4. The summed E-state index contributed by atoms with van der Waals surface area (Å²) in [7, 11) is 0. The van der Waals surface area contributed by atoms with Crippen molar-refractivity contribution in [3.8, 4) is 0 Å². The van der Waals surface area contributed by atoms with Gasteiger partial charge in [0.2, 0.25) is 23.6 Å². The van der Waals surface area contributed by atoms with Crippen LogP contribution in [-0.2, 0) is 19.2 Å². The molecule has 4 amide bonds. The maximum atomic E-state index is 12.2. The van der Waals surface area contributed by atoms with Gasteiger partial charge in [-0.1, -0.05) is 0 Å². The number of hydrogen-bond acceptors (Lipinski definition) is 5. The number of nitrogens with two attached hydrogens (primary N) is 1. The van der Waals surface area contributed by atoms with E-state index in [2.05, 4.69) is 16.0 Å². The van der Waals surface area contributed by atoms with Crippen LogP contribution in [0.2, 0.25) is 2.82 Å². The summed E-state index contributed by atoms with van der Waals surface area (Å²) in [6.45, 7) is 7.25. The Morgan fingerprint density at radius 2 is 1.36 bits per heavy atom. The molecule has 9 nitrogen and oxygen atoms in total. The lowest BCUT2D eigenvalue weighted by Gasteiger charge is -2.23. The first-order chi connectivity index (χ1) is 12.5. The smallest absolute Gasteiger partial charge is 0.244 e. The molecular weight excluding hydrogens is 326 g/mol. The van der Waals surface area contributed by atoms with Gasteiger partial charge in [0.25, 0.3) is 0 Å². The van der Waals surface area contributed by atoms with Crippen LogP contribution < -0.4 is 21.7 Å². The van der Waals surface area contributed by atoms with Crippen LogP contribution in [0, 0.1) is 0 Å². The Hall–Kier alpha value is -2.16. The zero-order valence-electron chi connectivity index (χ0n) is 17.2. The average Bonchev–Trinajstić information content (AvgIpc) is 3.14. The Morgan fingerprint density at radius 1 is 0.920 bits per heavy atom. The fraction of sp³-hybridized carbons (Fsp3) is 0.750. The third-order valence-electron chi connectivity index (χ3n) is 4.03. The standard InChI is InChI=1S/C16H29N5O4/c1-9(17)13(22)18-10(2)14(23)19-11(3)15(24)20-12(4)16(25)21-7-5-6-8-21/h9-12H,5-8,17H2,1-4H3,(H,18,22)(H,19,23)(H,20,24)/i/hTH. The first-order valence-electron chi connectivity index (χ1n) is 9.41. The average molecular weight is 357 g/mol. The molecule has 9 heteroatoms. The van der Waals surface area contributed by atoms with Crippen LogP contribution in [0.4, 0.5) is 0 Å². The molecule has 1 aliphatic heterocycles. The van der Waals surface area contributed by atoms with E-state index in [1.165, 1.54) is 20.8 Å². The zero-order valence-corrected chi connectivity index (χ0v) is 15.2. The lowest BCUT2D eigenvalue weighted by molar-refractivity contribution is -0.136. The molecule has 1 fully saturated rings. The minimum Gasteiger partial charge on any atom is -0.343 e. The Bertz CT molecular complexity index is 569. The van der Waals surface area contributed by atoms with Gasteiger partial charge in [-0.2, -0.15) is 0 Å². The quantitative estimate of drug-likeness (QED) is 0.418. The number of carbonyl (C=O) groups excluding carboxylic acids is 4. The lowest BCUT2D eigenvalue weighted by Crippen LogP contribution is -2.55. The van der Waals surface area contributed by atoms with Crippen LogP contribution in [0.15, 0.2) is 0 Å². The summed E-state index contributed by atoms with van der Waals surface area (Å²) in [6, 6.07) is -3.57. The highest BCUT2D eigenvalue weighted by Crippen LogP contribution is 2.09. The second kappa shape index (κ2) is 9.36. The summed E-state index contributed by atoms with van der Waals surface area (Å²) in [5.74, 6) is -1.88. The summed E-state index contributed by atoms with van der Waals surface area (Å²) in [6.07, 6.45) is 1.92. The van der Waals surface area contributed by atoms with Gasteiger partial charge in [0.05, 0.1) is 6.04 Å². The fourth-order valence-electron chi connectivity index (χ4n) is 2.41. The molecule has 1 aliphatic rings. The van der Waals surface area contributed by atoms with Crippen LogP contribution >= 0.6 is 0 Å². The van der Waals surface area contributed by atoms with Gasteiger partial charge in [0.15, 0.2) is 0 Å². The Kier molecular flexibility index (Phi) is 6.61. The predicted molar refractivity (Wildman–Crippen MR) is 92.3 cm³/mol. The number of nitrogens with zero attached hydrogens (tertiary/aromatic N) is 1. The maximum Gasteiger partial charge on any atom is 0.244 e. The largest absolute Gasteiger partial charge is 0.343 e. The van der Waals surface area contributed by atoms with Crippen molar-refractivity contribution < 1.29 is 22.0 Å². The maximum absolute atomic E-state index is 12.2. The molecule has 1 rings (SSSR count). The van der Waals surface area contributed by atoms with Gasteiger partial charge < -0.3 is 26.6 Å². The van der Waals surface area contributed by atoms with E-state index >= 15 is 0 Å². The van der Waals surface area contributed by atoms with Crippen molar-refractivity contribution >= 4 is 23.6 Å². The molecule has 0 saturated carbocycles. The first kappa shape index (κ1) is 17.7. The molecule has 0 bridgehead atoms. The van der Waals surface area contributed by atoms with Crippen LogP contribution in [0.3, 0.4) is 0 Å². The number of rotatable bonds is 8. The summed E-state index contributed by atoms with van der Waals surface area (Å²) in [5.41, 5.74) is 0.231. The highest BCUT2D eigenvalue weighted by atomic mass is 16.2. The minimum atomic E-state index is -1.04. The lowest BCUT2D eigenvalue weighted by atomic mass is 10.2. The topological polar surface area (TPSA) is 134 Å². The van der Waals surface area contributed by atoms with E-state index in [0.717, 1.165) is 12.8 Å². The summed E-state index contributed by atoms with van der Waals surface area (Å²) in [5, 5.41) is 7.43. The van der Waals surface area contributed by atoms with Crippen molar-refractivity contribution in [2.45, 2.75) is 64.7 Å². The normalized spacial score (nSPS) is 20.0. The highest BCUT2D eigenvalue weighted by molar-refractivity contribution is 5.94. The molecule has 0 aromatic carbocycles. The van der Waals surface area contributed by atoms with E-state index in [4.69, 9.17) is 2.82 Å². The minimum absolute atomic E-state index is 0.149. The van der Waals surface area contributed by atoms with E-state index in [-0.39, 0.29) is 11.6 Å². The van der Waals surface area contributed by atoms with Crippen LogP contribution in [-0.4, -0.2) is 65.8 Å². The molecule has 0 radical (unpaired) electrons. The first-order valence-corrected chi connectivity index (χ1v) is 8.51. The van der Waals surface area contributed by atoms with E-state index in [1.54, 1.807) is 11.8 Å². The van der Waals surface area contributed by atoms with Crippen molar-refractivity contribution in [2.24, 2.45) is 5.72 Å². The van der Waals surface area contributed by atoms with Gasteiger partial charge in [-0.3, -0.25) is 19.2 Å². The summed E-state index contributed by atoms with van der Waals surface area (Å²) >= 11 is 0. The molecule has 142 valence electrons. The third-order valence-corrected chi connectivity index (χ3v) is 4.03. The van der Waals surface area contributed by atoms with Crippen LogP contribution in [0.25, 0.3) is 0 Å². The molecule has 0 aromatic heterocycles. The molecule has 5 N–H and O–H groups in total. The van der Waals surface area contributed by atoms with Crippen molar-refractivity contribution in [3.05, 3.63) is 0 Å². The number of amides is 4. The molecule has 25 heavy (non-hydrogen) atoms. The molecule has 0 aliphatic carbocycles. The Balaban J connectivity index is 2.47. The Labute approximate surface area is 151 Å². The van der Waals surface area contributed by atoms with E-state index in [1.807, 2.05) is 0 Å². The molecule has 4 unspecified atom stereocenters. The number of carbonyl (C=O) groups is 4. The highest BCUT2D eigenvalue weighted by Gasteiger charge is 2.27. The fourth-order valence-corrected chi connectivity index (χ4v) is 2.41.